The number of methoxy groups -OCH3 is 3. The van der Waals surface area contributed by atoms with Gasteiger partial charge in [-0.25, -0.2) is 0 Å². The molecule has 0 saturated carbocycles. The first-order valence-corrected chi connectivity index (χ1v) is 8.54. The molecule has 1 heterocycles. The summed E-state index contributed by atoms with van der Waals surface area (Å²) in [7, 11) is 4.71. The second-order valence-electron chi connectivity index (χ2n) is 5.96. The van der Waals surface area contributed by atoms with Crippen molar-refractivity contribution >= 4 is 16.8 Å². The number of pyridine rings is 1. The summed E-state index contributed by atoms with van der Waals surface area (Å²) in [6, 6.07) is 13.3. The van der Waals surface area contributed by atoms with Gasteiger partial charge in [0.25, 0.3) is 0 Å². The average molecular weight is 366 g/mol. The molecule has 2 aromatic carbocycles. The number of carbonyl (C=O) groups excluding carboxylic acids is 1. The van der Waals surface area contributed by atoms with Gasteiger partial charge in [-0.3, -0.25) is 9.78 Å². The molecule has 6 nitrogen and oxygen atoms in total. The van der Waals surface area contributed by atoms with E-state index in [0.717, 1.165) is 22.0 Å². The fourth-order valence-corrected chi connectivity index (χ4v) is 2.97. The summed E-state index contributed by atoms with van der Waals surface area (Å²) in [6.45, 7) is 0.320. The van der Waals surface area contributed by atoms with Crippen molar-refractivity contribution in [2.24, 2.45) is 0 Å². The van der Waals surface area contributed by atoms with E-state index in [2.05, 4.69) is 10.3 Å². The van der Waals surface area contributed by atoms with Crippen LogP contribution in [0.25, 0.3) is 10.9 Å². The quantitative estimate of drug-likeness (QED) is 0.696. The highest BCUT2D eigenvalue weighted by atomic mass is 16.5. The van der Waals surface area contributed by atoms with Gasteiger partial charge in [0.15, 0.2) is 11.5 Å². The maximum atomic E-state index is 12.5. The van der Waals surface area contributed by atoms with Crippen LogP contribution in [0.3, 0.4) is 0 Å². The molecule has 0 unspecified atom stereocenters. The van der Waals surface area contributed by atoms with Crippen molar-refractivity contribution in [1.82, 2.24) is 10.3 Å². The molecule has 27 heavy (non-hydrogen) atoms. The number of aromatic nitrogens is 1. The van der Waals surface area contributed by atoms with Gasteiger partial charge >= 0.3 is 0 Å². The fourth-order valence-electron chi connectivity index (χ4n) is 2.97. The third-order valence-corrected chi connectivity index (χ3v) is 4.33. The maximum Gasteiger partial charge on any atom is 0.224 e. The number of para-hydroxylation sites is 1. The van der Waals surface area contributed by atoms with Crippen LogP contribution in [0.1, 0.15) is 11.1 Å². The molecular weight excluding hydrogens is 344 g/mol. The van der Waals surface area contributed by atoms with Gasteiger partial charge < -0.3 is 19.5 Å². The molecule has 0 fully saturated rings. The first-order chi connectivity index (χ1) is 13.2. The van der Waals surface area contributed by atoms with Crippen LogP contribution in [0.5, 0.6) is 17.2 Å². The van der Waals surface area contributed by atoms with Crippen LogP contribution in [0.4, 0.5) is 0 Å². The fraction of sp³-hybridized carbons (Fsp3) is 0.238. The highest BCUT2D eigenvalue weighted by molar-refractivity contribution is 5.87. The Balaban J connectivity index is 1.74. The molecule has 1 amide bonds. The van der Waals surface area contributed by atoms with Crippen molar-refractivity contribution in [3.8, 4) is 17.2 Å². The highest BCUT2D eigenvalue weighted by Gasteiger charge is 2.13. The summed E-state index contributed by atoms with van der Waals surface area (Å²) in [6.07, 6.45) is 1.99. The zero-order valence-electron chi connectivity index (χ0n) is 15.6. The molecule has 0 bridgehead atoms. The standard InChI is InChI=1S/C21H22N2O4/c1-25-17-12-19(27-3)18(26-2)10-16(17)13-23-20(24)11-15-7-4-6-14-8-5-9-22-21(14)15/h4-10,12H,11,13H2,1-3H3,(H,23,24). The number of nitrogens with zero attached hydrogens (tertiary/aromatic N) is 1. The van der Waals surface area contributed by atoms with Gasteiger partial charge in [0.05, 0.1) is 33.3 Å². The van der Waals surface area contributed by atoms with Gasteiger partial charge in [0, 0.05) is 29.8 Å². The Morgan fingerprint density at radius 2 is 1.63 bits per heavy atom. The molecule has 0 spiro atoms. The number of ether oxygens (including phenoxy) is 3. The summed E-state index contributed by atoms with van der Waals surface area (Å²) < 4.78 is 16.0. The molecule has 3 rings (SSSR count). The lowest BCUT2D eigenvalue weighted by Crippen LogP contribution is -2.25. The predicted octanol–water partition coefficient (Wildman–Crippen LogP) is 3.12. The third kappa shape index (κ3) is 4.11. The minimum atomic E-state index is -0.0926. The molecule has 0 saturated heterocycles. The SMILES string of the molecule is COc1cc(OC)c(OC)cc1CNC(=O)Cc1cccc2cccnc12. The van der Waals surface area contributed by atoms with Crippen LogP contribution in [0.15, 0.2) is 48.7 Å². The minimum absolute atomic E-state index is 0.0926. The number of hydrogen-bond donors (Lipinski definition) is 1. The normalized spacial score (nSPS) is 10.5. The molecule has 3 aromatic rings. The zero-order chi connectivity index (χ0) is 19.2. The molecule has 1 aromatic heterocycles. The van der Waals surface area contributed by atoms with Crippen LogP contribution in [-0.4, -0.2) is 32.2 Å². The summed E-state index contributed by atoms with van der Waals surface area (Å²) in [5.74, 6) is 1.69. The van der Waals surface area contributed by atoms with E-state index in [1.54, 1.807) is 39.7 Å². The molecule has 140 valence electrons. The molecule has 6 heteroatoms. The summed E-state index contributed by atoms with van der Waals surface area (Å²) in [5, 5.41) is 3.95. The first kappa shape index (κ1) is 18.5. The van der Waals surface area contributed by atoms with Gasteiger partial charge in [-0.2, -0.15) is 0 Å². The Kier molecular flexibility index (Phi) is 5.76. The average Bonchev–Trinajstić information content (AvgIpc) is 2.71. The van der Waals surface area contributed by atoms with Crippen LogP contribution in [-0.2, 0) is 17.8 Å². The van der Waals surface area contributed by atoms with Crippen LogP contribution >= 0.6 is 0 Å². The Hall–Kier alpha value is -3.28. The summed E-state index contributed by atoms with van der Waals surface area (Å²) in [5.41, 5.74) is 2.54. The smallest absolute Gasteiger partial charge is 0.224 e. The summed E-state index contributed by atoms with van der Waals surface area (Å²) in [4.78, 5) is 16.9. The van der Waals surface area contributed by atoms with E-state index in [1.807, 2.05) is 30.3 Å². The van der Waals surface area contributed by atoms with Crippen LogP contribution in [0, 0.1) is 0 Å². The van der Waals surface area contributed by atoms with Crippen molar-refractivity contribution in [3.63, 3.8) is 0 Å². The van der Waals surface area contributed by atoms with Gasteiger partial charge in [-0.15, -0.1) is 0 Å². The van der Waals surface area contributed by atoms with Gasteiger partial charge in [0.2, 0.25) is 5.91 Å². The zero-order valence-corrected chi connectivity index (χ0v) is 15.6. The highest BCUT2D eigenvalue weighted by Crippen LogP contribution is 2.34. The van der Waals surface area contributed by atoms with Crippen LogP contribution < -0.4 is 19.5 Å². The van der Waals surface area contributed by atoms with Gasteiger partial charge in [-0.1, -0.05) is 24.3 Å². The first-order valence-electron chi connectivity index (χ1n) is 8.54. The Bertz CT molecular complexity index is 951. The van der Waals surface area contributed by atoms with E-state index < -0.39 is 0 Å². The number of hydrogen-bond acceptors (Lipinski definition) is 5. The Morgan fingerprint density at radius 3 is 2.37 bits per heavy atom. The van der Waals surface area contributed by atoms with E-state index >= 15 is 0 Å². The number of rotatable bonds is 7. The molecule has 0 atom stereocenters. The van der Waals surface area contributed by atoms with Crippen molar-refractivity contribution in [3.05, 3.63) is 59.8 Å². The lowest BCUT2D eigenvalue weighted by atomic mass is 10.1. The van der Waals surface area contributed by atoms with E-state index in [9.17, 15) is 4.79 Å². The van der Waals surface area contributed by atoms with Gasteiger partial charge in [0.1, 0.15) is 5.75 Å². The molecule has 0 radical (unpaired) electrons. The molecule has 0 aliphatic carbocycles. The Labute approximate surface area is 158 Å². The number of benzene rings is 2. The van der Waals surface area contributed by atoms with Crippen LogP contribution in [0.2, 0.25) is 0 Å². The Morgan fingerprint density at radius 1 is 0.926 bits per heavy atom. The molecule has 1 N–H and O–H groups in total. The molecular formula is C21H22N2O4. The minimum Gasteiger partial charge on any atom is -0.496 e. The van der Waals surface area contributed by atoms with E-state index in [0.29, 0.717) is 23.8 Å². The lowest BCUT2D eigenvalue weighted by Gasteiger charge is -2.14. The molecule has 0 aliphatic rings. The van der Waals surface area contributed by atoms with E-state index in [1.165, 1.54) is 0 Å². The van der Waals surface area contributed by atoms with Crippen molar-refractivity contribution < 1.29 is 19.0 Å². The van der Waals surface area contributed by atoms with E-state index in [4.69, 9.17) is 14.2 Å². The number of carbonyl (C=O) groups is 1. The summed E-state index contributed by atoms with van der Waals surface area (Å²) >= 11 is 0. The monoisotopic (exact) mass is 366 g/mol. The second kappa shape index (κ2) is 8.40. The lowest BCUT2D eigenvalue weighted by molar-refractivity contribution is -0.120. The maximum absolute atomic E-state index is 12.5. The van der Waals surface area contributed by atoms with Crippen molar-refractivity contribution in [1.29, 1.82) is 0 Å². The number of nitrogens with one attached hydrogen (secondary N) is 1. The van der Waals surface area contributed by atoms with E-state index in [-0.39, 0.29) is 12.3 Å². The second-order valence-corrected chi connectivity index (χ2v) is 5.96. The molecule has 0 aliphatic heterocycles. The third-order valence-electron chi connectivity index (χ3n) is 4.33. The number of fused-ring (bicyclic) bond motifs is 1. The number of amides is 1. The van der Waals surface area contributed by atoms with Crippen molar-refractivity contribution in [2.75, 3.05) is 21.3 Å². The van der Waals surface area contributed by atoms with Crippen molar-refractivity contribution in [2.45, 2.75) is 13.0 Å². The largest absolute Gasteiger partial charge is 0.496 e. The topological polar surface area (TPSA) is 69.7 Å². The van der Waals surface area contributed by atoms with Gasteiger partial charge in [-0.05, 0) is 17.7 Å². The predicted molar refractivity (Wildman–Crippen MR) is 103 cm³/mol.